The van der Waals surface area contributed by atoms with E-state index < -0.39 is 8.07 Å². The maximum Gasteiger partial charge on any atom is 0.0477 e. The predicted octanol–water partition coefficient (Wildman–Crippen LogP) is 4.25. The summed E-state index contributed by atoms with van der Waals surface area (Å²) in [4.78, 5) is 0. The summed E-state index contributed by atoms with van der Waals surface area (Å²) in [6.07, 6.45) is 1.61. The van der Waals surface area contributed by atoms with E-state index in [4.69, 9.17) is 0 Å². The molecular weight excluding hydrogens is 196 g/mol. The lowest BCUT2D eigenvalue weighted by molar-refractivity contribution is -0.0669. The fraction of sp³-hybridized carbons (Fsp3) is 1.00. The van der Waals surface area contributed by atoms with E-state index in [1.807, 2.05) is 0 Å². The van der Waals surface area contributed by atoms with Crippen LogP contribution in [-0.2, 0) is 0 Å². The van der Waals surface area contributed by atoms with Gasteiger partial charge in [-0.3, -0.25) is 0 Å². The molecule has 0 aromatic heterocycles. The molecule has 86 valence electrons. The Labute approximate surface area is 95.8 Å². The van der Waals surface area contributed by atoms with Gasteiger partial charge in [0.1, 0.15) is 0 Å². The number of hydrogen-bond donors (Lipinski definition) is 0. The molecule has 0 radical (unpaired) electrons. The summed E-state index contributed by atoms with van der Waals surface area (Å²) in [5.74, 6) is 5.43. The highest BCUT2D eigenvalue weighted by Crippen LogP contribution is 2.91. The highest BCUT2D eigenvalue weighted by molar-refractivity contribution is 6.77. The lowest BCUT2D eigenvalue weighted by atomic mass is 9.49. The van der Waals surface area contributed by atoms with Gasteiger partial charge in [-0.1, -0.05) is 40.4 Å². The fourth-order valence-electron chi connectivity index (χ4n) is 5.50. The molecule has 3 saturated carbocycles. The van der Waals surface area contributed by atoms with Crippen molar-refractivity contribution >= 4 is 8.07 Å². The minimum absolute atomic E-state index is 0.865. The molecule has 1 heteroatoms. The lowest BCUT2D eigenvalue weighted by Gasteiger charge is -2.63. The molecule has 1 spiro atoms. The molecule has 3 fully saturated rings. The van der Waals surface area contributed by atoms with Crippen LogP contribution in [0.1, 0.15) is 27.2 Å². The standard InChI is InChI=1S/C14H26Si/c1-8(2)11-12-9(3)14(12)7-10(13(11)14)15(4,5)6/h8-13H,7H2,1-6H3. The highest BCUT2D eigenvalue weighted by Gasteiger charge is 2.85. The van der Waals surface area contributed by atoms with Gasteiger partial charge >= 0.3 is 0 Å². The molecule has 0 aliphatic heterocycles. The van der Waals surface area contributed by atoms with Crippen molar-refractivity contribution in [3.05, 3.63) is 0 Å². The Morgan fingerprint density at radius 3 is 2.20 bits per heavy atom. The summed E-state index contributed by atoms with van der Waals surface area (Å²) in [6.45, 7) is 15.2. The summed E-state index contributed by atoms with van der Waals surface area (Å²) in [7, 11) is -0.865. The van der Waals surface area contributed by atoms with Crippen LogP contribution >= 0.6 is 0 Å². The van der Waals surface area contributed by atoms with Crippen LogP contribution in [0, 0.1) is 35.0 Å². The van der Waals surface area contributed by atoms with Gasteiger partial charge in [-0.15, -0.1) is 0 Å². The van der Waals surface area contributed by atoms with Gasteiger partial charge in [-0.2, -0.15) is 0 Å². The van der Waals surface area contributed by atoms with E-state index in [9.17, 15) is 0 Å². The molecule has 6 unspecified atom stereocenters. The maximum atomic E-state index is 2.59. The first-order chi connectivity index (χ1) is 6.82. The number of rotatable bonds is 2. The van der Waals surface area contributed by atoms with Crippen LogP contribution in [0.3, 0.4) is 0 Å². The molecule has 0 aromatic rings. The molecule has 0 nitrogen and oxygen atoms in total. The third-order valence-electron chi connectivity index (χ3n) is 6.24. The topological polar surface area (TPSA) is 0 Å². The summed E-state index contributed by atoms with van der Waals surface area (Å²) in [5, 5.41) is 0. The first-order valence-electron chi connectivity index (χ1n) is 6.82. The van der Waals surface area contributed by atoms with Crippen molar-refractivity contribution in [1.82, 2.24) is 0 Å². The molecule has 3 rings (SSSR count). The first-order valence-corrected chi connectivity index (χ1v) is 10.4. The molecule has 0 bridgehead atoms. The Hall–Kier alpha value is 0.217. The Bertz CT molecular complexity index is 299. The van der Waals surface area contributed by atoms with Crippen LogP contribution in [0.4, 0.5) is 0 Å². The minimum Gasteiger partial charge on any atom is -0.0693 e. The Balaban J connectivity index is 1.82. The first kappa shape index (κ1) is 10.4. The van der Waals surface area contributed by atoms with Gasteiger partial charge < -0.3 is 0 Å². The molecule has 0 heterocycles. The normalized spacial score (nSPS) is 56.6. The molecule has 0 amide bonds. The monoisotopic (exact) mass is 222 g/mol. The minimum atomic E-state index is -0.865. The zero-order chi connectivity index (χ0) is 11.2. The van der Waals surface area contributed by atoms with E-state index >= 15 is 0 Å². The van der Waals surface area contributed by atoms with Crippen molar-refractivity contribution in [3.63, 3.8) is 0 Å². The van der Waals surface area contributed by atoms with Crippen molar-refractivity contribution in [2.24, 2.45) is 35.0 Å². The van der Waals surface area contributed by atoms with Crippen LogP contribution in [0.5, 0.6) is 0 Å². The van der Waals surface area contributed by atoms with E-state index in [1.165, 1.54) is 0 Å². The quantitative estimate of drug-likeness (QED) is 0.613. The zero-order valence-electron chi connectivity index (χ0n) is 11.2. The Kier molecular flexibility index (Phi) is 1.76. The van der Waals surface area contributed by atoms with Gasteiger partial charge in [0.2, 0.25) is 0 Å². The van der Waals surface area contributed by atoms with Crippen molar-refractivity contribution in [2.75, 3.05) is 0 Å². The summed E-state index contributed by atoms with van der Waals surface area (Å²) in [6, 6.07) is 0. The smallest absolute Gasteiger partial charge is 0.0477 e. The average Bonchev–Trinajstić information content (AvgIpc) is 2.59. The molecule has 3 aliphatic carbocycles. The third-order valence-corrected chi connectivity index (χ3v) is 9.02. The third kappa shape index (κ3) is 0.952. The van der Waals surface area contributed by atoms with Gasteiger partial charge in [0.05, 0.1) is 0 Å². The fourth-order valence-corrected chi connectivity index (χ4v) is 8.07. The summed E-state index contributed by atoms with van der Waals surface area (Å²) in [5.41, 5.74) is 2.06. The van der Waals surface area contributed by atoms with Gasteiger partial charge in [-0.05, 0) is 47.0 Å². The molecule has 0 aromatic carbocycles. The second kappa shape index (κ2) is 2.55. The van der Waals surface area contributed by atoms with Gasteiger partial charge in [0, 0.05) is 8.07 Å². The lowest BCUT2D eigenvalue weighted by Crippen LogP contribution is -2.58. The van der Waals surface area contributed by atoms with E-state index in [2.05, 4.69) is 40.4 Å². The average molecular weight is 222 g/mol. The van der Waals surface area contributed by atoms with Crippen molar-refractivity contribution < 1.29 is 0 Å². The maximum absolute atomic E-state index is 2.59. The van der Waals surface area contributed by atoms with E-state index in [0.29, 0.717) is 0 Å². The van der Waals surface area contributed by atoms with Crippen molar-refractivity contribution in [2.45, 2.75) is 52.4 Å². The zero-order valence-corrected chi connectivity index (χ0v) is 12.2. The van der Waals surface area contributed by atoms with E-state index in [-0.39, 0.29) is 0 Å². The van der Waals surface area contributed by atoms with Crippen LogP contribution in [0.15, 0.2) is 0 Å². The van der Waals surface area contributed by atoms with Crippen LogP contribution in [0.25, 0.3) is 0 Å². The number of hydrogen-bond acceptors (Lipinski definition) is 0. The summed E-state index contributed by atoms with van der Waals surface area (Å²) < 4.78 is 0. The molecule has 15 heavy (non-hydrogen) atoms. The predicted molar refractivity (Wildman–Crippen MR) is 68.6 cm³/mol. The van der Waals surface area contributed by atoms with Crippen molar-refractivity contribution in [1.29, 1.82) is 0 Å². The van der Waals surface area contributed by atoms with E-state index in [0.717, 1.165) is 40.5 Å². The molecule has 0 saturated heterocycles. The van der Waals surface area contributed by atoms with Gasteiger partial charge in [0.25, 0.3) is 0 Å². The highest BCUT2D eigenvalue weighted by atomic mass is 28.3. The largest absolute Gasteiger partial charge is 0.0693 e. The van der Waals surface area contributed by atoms with Gasteiger partial charge in [-0.25, -0.2) is 0 Å². The van der Waals surface area contributed by atoms with Crippen LogP contribution < -0.4 is 0 Å². The SMILES string of the molecule is CC(C)C1C2C(C)C23CC([Si](C)(C)C)C13. The Morgan fingerprint density at radius 2 is 1.73 bits per heavy atom. The molecule has 6 atom stereocenters. The molecule has 3 aliphatic rings. The Morgan fingerprint density at radius 1 is 1.13 bits per heavy atom. The van der Waals surface area contributed by atoms with Crippen LogP contribution in [-0.4, -0.2) is 8.07 Å². The molecule has 0 N–H and O–H groups in total. The second-order valence-electron chi connectivity index (χ2n) is 7.95. The second-order valence-corrected chi connectivity index (χ2v) is 13.4. The van der Waals surface area contributed by atoms with E-state index in [1.54, 1.807) is 6.42 Å². The van der Waals surface area contributed by atoms with Gasteiger partial charge in [0.15, 0.2) is 0 Å². The molecular formula is C14H26Si. The summed E-state index contributed by atoms with van der Waals surface area (Å²) >= 11 is 0. The van der Waals surface area contributed by atoms with Crippen molar-refractivity contribution in [3.8, 4) is 0 Å². The van der Waals surface area contributed by atoms with Crippen LogP contribution in [0.2, 0.25) is 25.2 Å².